The predicted molar refractivity (Wildman–Crippen MR) is 72.0 cm³/mol. The van der Waals surface area contributed by atoms with Crippen LogP contribution in [0.2, 0.25) is 19.6 Å². The van der Waals surface area contributed by atoms with Crippen LogP contribution in [0.5, 0.6) is 11.5 Å². The molecule has 0 spiro atoms. The molecular formula is C13H18O4Si. The summed E-state index contributed by atoms with van der Waals surface area (Å²) in [6.07, 6.45) is 0. The van der Waals surface area contributed by atoms with Crippen LogP contribution in [0, 0.1) is 0 Å². The summed E-state index contributed by atoms with van der Waals surface area (Å²) in [6.45, 7) is 9.12. The molecule has 1 aromatic carbocycles. The molecule has 0 aromatic heterocycles. The Morgan fingerprint density at radius 2 is 1.56 bits per heavy atom. The standard InChI is InChI=1S/C13H18O4Si/c1-9(14)16-11-6-7-12(17-10(2)15)13(8-11)18(3,4)5/h6-8H,1-5H3. The zero-order valence-electron chi connectivity index (χ0n) is 11.4. The fourth-order valence-corrected chi connectivity index (χ4v) is 3.02. The molecule has 1 aromatic rings. The lowest BCUT2D eigenvalue weighted by Crippen LogP contribution is -2.39. The van der Waals surface area contributed by atoms with Crippen molar-refractivity contribution >= 4 is 25.2 Å². The molecule has 0 saturated carbocycles. The van der Waals surface area contributed by atoms with E-state index in [9.17, 15) is 9.59 Å². The van der Waals surface area contributed by atoms with Gasteiger partial charge in [0.15, 0.2) is 0 Å². The van der Waals surface area contributed by atoms with Gasteiger partial charge in [0.1, 0.15) is 11.5 Å². The molecule has 0 saturated heterocycles. The number of hydrogen-bond donors (Lipinski definition) is 0. The van der Waals surface area contributed by atoms with E-state index in [0.29, 0.717) is 11.5 Å². The van der Waals surface area contributed by atoms with E-state index in [1.165, 1.54) is 13.8 Å². The maximum atomic E-state index is 11.1. The lowest BCUT2D eigenvalue weighted by Gasteiger charge is -2.20. The van der Waals surface area contributed by atoms with E-state index < -0.39 is 8.07 Å². The van der Waals surface area contributed by atoms with Crippen molar-refractivity contribution in [1.82, 2.24) is 0 Å². The van der Waals surface area contributed by atoms with Crippen LogP contribution in [0.25, 0.3) is 0 Å². The van der Waals surface area contributed by atoms with Crippen LogP contribution in [0.1, 0.15) is 13.8 Å². The van der Waals surface area contributed by atoms with Gasteiger partial charge in [0.25, 0.3) is 0 Å². The highest BCUT2D eigenvalue weighted by Gasteiger charge is 2.23. The summed E-state index contributed by atoms with van der Waals surface area (Å²) in [5, 5.41) is 0.955. The number of carbonyl (C=O) groups excluding carboxylic acids is 2. The molecular weight excluding hydrogens is 248 g/mol. The van der Waals surface area contributed by atoms with Gasteiger partial charge in [-0.2, -0.15) is 0 Å². The van der Waals surface area contributed by atoms with Gasteiger partial charge < -0.3 is 9.47 Å². The van der Waals surface area contributed by atoms with E-state index in [0.717, 1.165) is 5.19 Å². The van der Waals surface area contributed by atoms with Gasteiger partial charge in [0.05, 0.1) is 8.07 Å². The molecule has 18 heavy (non-hydrogen) atoms. The molecule has 0 heterocycles. The molecule has 0 amide bonds. The van der Waals surface area contributed by atoms with Crippen LogP contribution in [-0.4, -0.2) is 20.0 Å². The Balaban J connectivity index is 3.20. The van der Waals surface area contributed by atoms with Crippen molar-refractivity contribution in [1.29, 1.82) is 0 Å². The van der Waals surface area contributed by atoms with Gasteiger partial charge in [-0.25, -0.2) is 0 Å². The Hall–Kier alpha value is -1.62. The number of esters is 2. The maximum absolute atomic E-state index is 11.1. The van der Waals surface area contributed by atoms with Gasteiger partial charge in [-0.1, -0.05) is 19.6 Å². The highest BCUT2D eigenvalue weighted by atomic mass is 28.3. The van der Waals surface area contributed by atoms with Gasteiger partial charge in [-0.15, -0.1) is 0 Å². The molecule has 0 aliphatic heterocycles. The molecule has 0 atom stereocenters. The molecule has 0 fully saturated rings. The van der Waals surface area contributed by atoms with Gasteiger partial charge >= 0.3 is 11.9 Å². The second kappa shape index (κ2) is 5.35. The molecule has 0 radical (unpaired) electrons. The Labute approximate surface area is 108 Å². The topological polar surface area (TPSA) is 52.6 Å². The number of hydrogen-bond acceptors (Lipinski definition) is 4. The van der Waals surface area contributed by atoms with E-state index in [2.05, 4.69) is 19.6 Å². The number of carbonyl (C=O) groups is 2. The smallest absolute Gasteiger partial charge is 0.308 e. The normalized spacial score (nSPS) is 10.9. The minimum absolute atomic E-state index is 0.352. The zero-order valence-corrected chi connectivity index (χ0v) is 12.4. The van der Waals surface area contributed by atoms with Crippen molar-refractivity contribution in [2.75, 3.05) is 0 Å². The largest absolute Gasteiger partial charge is 0.427 e. The maximum Gasteiger partial charge on any atom is 0.308 e. The van der Waals surface area contributed by atoms with Crippen LogP contribution in [0.4, 0.5) is 0 Å². The van der Waals surface area contributed by atoms with E-state index in [1.807, 2.05) is 0 Å². The van der Waals surface area contributed by atoms with Crippen LogP contribution in [0.15, 0.2) is 18.2 Å². The zero-order chi connectivity index (χ0) is 13.9. The van der Waals surface area contributed by atoms with E-state index >= 15 is 0 Å². The summed E-state index contributed by atoms with van der Waals surface area (Å²) in [5.41, 5.74) is 0. The fourth-order valence-electron chi connectivity index (χ4n) is 1.57. The summed E-state index contributed by atoms with van der Waals surface area (Å²) < 4.78 is 10.2. The fraction of sp³-hybridized carbons (Fsp3) is 0.385. The SMILES string of the molecule is CC(=O)Oc1ccc(OC(C)=O)c([Si](C)(C)C)c1. The molecule has 98 valence electrons. The number of rotatable bonds is 3. The molecule has 5 heteroatoms. The van der Waals surface area contributed by atoms with E-state index in [-0.39, 0.29) is 11.9 Å². The van der Waals surface area contributed by atoms with E-state index in [1.54, 1.807) is 18.2 Å². The van der Waals surface area contributed by atoms with Crippen molar-refractivity contribution in [3.05, 3.63) is 18.2 Å². The Bertz CT molecular complexity index is 474. The molecule has 0 unspecified atom stereocenters. The van der Waals surface area contributed by atoms with Crippen molar-refractivity contribution < 1.29 is 19.1 Å². The molecule has 4 nitrogen and oxygen atoms in total. The summed E-state index contributed by atoms with van der Waals surface area (Å²) in [6, 6.07) is 5.09. The first kappa shape index (κ1) is 14.4. The Morgan fingerprint density at radius 1 is 1.00 bits per heavy atom. The number of ether oxygens (including phenoxy) is 2. The number of benzene rings is 1. The first-order valence-corrected chi connectivity index (χ1v) is 9.21. The third kappa shape index (κ3) is 3.99. The van der Waals surface area contributed by atoms with Gasteiger partial charge in [0, 0.05) is 13.8 Å². The van der Waals surface area contributed by atoms with Crippen molar-refractivity contribution in [2.45, 2.75) is 33.5 Å². The predicted octanol–water partition coefficient (Wildman–Crippen LogP) is 2.08. The summed E-state index contributed by atoms with van der Waals surface area (Å²) in [7, 11) is -1.70. The van der Waals surface area contributed by atoms with Gasteiger partial charge in [0.2, 0.25) is 0 Å². The highest BCUT2D eigenvalue weighted by Crippen LogP contribution is 2.20. The van der Waals surface area contributed by atoms with Crippen LogP contribution >= 0.6 is 0 Å². The van der Waals surface area contributed by atoms with Crippen molar-refractivity contribution in [2.24, 2.45) is 0 Å². The summed E-state index contributed by atoms with van der Waals surface area (Å²) in [5.74, 6) is 0.319. The first-order valence-electron chi connectivity index (χ1n) is 5.71. The lowest BCUT2D eigenvalue weighted by molar-refractivity contribution is -0.133. The minimum atomic E-state index is -1.70. The van der Waals surface area contributed by atoms with Crippen molar-refractivity contribution in [3.63, 3.8) is 0 Å². The molecule has 0 N–H and O–H groups in total. The quantitative estimate of drug-likeness (QED) is 0.477. The Morgan fingerprint density at radius 3 is 2.00 bits per heavy atom. The molecule has 0 aliphatic carbocycles. The van der Waals surface area contributed by atoms with Crippen LogP contribution in [-0.2, 0) is 9.59 Å². The summed E-state index contributed by atoms with van der Waals surface area (Å²) in [4.78, 5) is 22.0. The van der Waals surface area contributed by atoms with Crippen molar-refractivity contribution in [3.8, 4) is 11.5 Å². The minimum Gasteiger partial charge on any atom is -0.427 e. The molecule has 1 rings (SSSR count). The second-order valence-corrected chi connectivity index (χ2v) is 10.1. The summed E-state index contributed by atoms with van der Waals surface area (Å²) >= 11 is 0. The van der Waals surface area contributed by atoms with Crippen LogP contribution in [0.3, 0.4) is 0 Å². The molecule has 0 bridgehead atoms. The lowest BCUT2D eigenvalue weighted by atomic mass is 10.3. The average Bonchev–Trinajstić information content (AvgIpc) is 2.17. The van der Waals surface area contributed by atoms with E-state index in [4.69, 9.17) is 9.47 Å². The average molecular weight is 266 g/mol. The monoisotopic (exact) mass is 266 g/mol. The third-order valence-electron chi connectivity index (χ3n) is 2.27. The van der Waals surface area contributed by atoms with Crippen LogP contribution < -0.4 is 14.7 Å². The second-order valence-electron chi connectivity index (χ2n) is 5.10. The first-order chi connectivity index (χ1) is 8.20. The van der Waals surface area contributed by atoms with Gasteiger partial charge in [-0.3, -0.25) is 9.59 Å². The third-order valence-corrected chi connectivity index (χ3v) is 4.28. The van der Waals surface area contributed by atoms with Gasteiger partial charge in [-0.05, 0) is 23.4 Å². The molecule has 0 aliphatic rings. The Kier molecular flexibility index (Phi) is 4.29. The highest BCUT2D eigenvalue weighted by molar-refractivity contribution is 6.89.